The summed E-state index contributed by atoms with van der Waals surface area (Å²) in [7, 11) is 0. The van der Waals surface area contributed by atoms with Crippen LogP contribution in [0.3, 0.4) is 0 Å². The van der Waals surface area contributed by atoms with Crippen LogP contribution in [0.5, 0.6) is 0 Å². The first kappa shape index (κ1) is 7.87. The van der Waals surface area contributed by atoms with E-state index in [2.05, 4.69) is 60.3 Å². The maximum absolute atomic E-state index is 2.49. The van der Waals surface area contributed by atoms with Crippen LogP contribution >= 0.6 is 57.2 Å². The van der Waals surface area contributed by atoms with Crippen LogP contribution in [0.1, 0.15) is 0 Å². The Kier molecular flexibility index (Phi) is 3.76. The van der Waals surface area contributed by atoms with Gasteiger partial charge in [0.25, 0.3) is 0 Å². The first-order chi connectivity index (χ1) is 3.79. The van der Waals surface area contributed by atoms with Gasteiger partial charge in [0.15, 0.2) is 0 Å². The Balaban J connectivity index is 2.23. The van der Waals surface area contributed by atoms with Crippen molar-refractivity contribution in [2.75, 3.05) is 18.8 Å². The third-order valence-corrected chi connectivity index (χ3v) is 4.25. The molecule has 0 aromatic carbocycles. The largest absolute Gasteiger partial charge is 0.245 e. The molecule has 0 N–H and O–H groups in total. The summed E-state index contributed by atoms with van der Waals surface area (Å²) in [5.74, 6) is 1.30. The Morgan fingerprint density at radius 2 is 2.38 bits per heavy atom. The molecule has 0 aliphatic carbocycles. The van der Waals surface area contributed by atoms with Crippen molar-refractivity contribution in [2.24, 2.45) is 0 Å². The van der Waals surface area contributed by atoms with Gasteiger partial charge in [-0.1, -0.05) is 22.6 Å². The van der Waals surface area contributed by atoms with Gasteiger partial charge in [-0.3, -0.25) is 0 Å². The van der Waals surface area contributed by atoms with E-state index in [4.69, 9.17) is 0 Å². The van der Waals surface area contributed by atoms with E-state index in [1.54, 1.807) is 0 Å². The van der Waals surface area contributed by atoms with Crippen molar-refractivity contribution in [1.82, 2.24) is 3.11 Å². The van der Waals surface area contributed by atoms with Crippen molar-refractivity contribution in [3.8, 4) is 0 Å². The van der Waals surface area contributed by atoms with Crippen molar-refractivity contribution in [3.05, 3.63) is 0 Å². The molecule has 1 rings (SSSR count). The zero-order valence-corrected chi connectivity index (χ0v) is 9.44. The summed E-state index contributed by atoms with van der Waals surface area (Å²) < 4.78 is 3.17. The molecule has 0 radical (unpaired) electrons. The summed E-state index contributed by atoms with van der Waals surface area (Å²) in [4.78, 5) is 0. The summed E-state index contributed by atoms with van der Waals surface area (Å²) in [5, 5.41) is 0. The van der Waals surface area contributed by atoms with Crippen molar-refractivity contribution >= 4 is 57.2 Å². The van der Waals surface area contributed by atoms with Crippen LogP contribution in [-0.4, -0.2) is 25.2 Å². The highest BCUT2D eigenvalue weighted by molar-refractivity contribution is 14.1. The molecule has 1 unspecified atom stereocenters. The predicted molar refractivity (Wildman–Crippen MR) is 55.9 cm³/mol. The minimum atomic E-state index is 0.818. The van der Waals surface area contributed by atoms with E-state index in [1.807, 2.05) is 0 Å². The highest BCUT2D eigenvalue weighted by Gasteiger charge is 2.14. The molecule has 4 heteroatoms. The number of nitrogens with zero attached hydrogens (tertiary/aromatic N) is 1. The maximum Gasteiger partial charge on any atom is 0.0699 e. The van der Waals surface area contributed by atoms with E-state index < -0.39 is 0 Å². The average molecular weight is 355 g/mol. The van der Waals surface area contributed by atoms with Gasteiger partial charge >= 0.3 is 0 Å². The van der Waals surface area contributed by atoms with Crippen LogP contribution in [0.25, 0.3) is 0 Å². The lowest BCUT2D eigenvalue weighted by molar-refractivity contribution is 0.559. The molecule has 1 fully saturated rings. The fraction of sp³-hybridized carbons (Fsp3) is 1.00. The second-order valence-electron chi connectivity index (χ2n) is 1.65. The molecule has 8 heavy (non-hydrogen) atoms. The molecule has 0 amide bonds. The van der Waals surface area contributed by atoms with E-state index in [0.29, 0.717) is 0 Å². The number of halogens is 2. The first-order valence-electron chi connectivity index (χ1n) is 2.45. The Labute approximate surface area is 81.6 Å². The van der Waals surface area contributed by atoms with Crippen molar-refractivity contribution in [3.63, 3.8) is 0 Å². The van der Waals surface area contributed by atoms with Crippen LogP contribution in [0.15, 0.2) is 0 Å². The first-order valence-corrected chi connectivity index (χ1v) is 5.71. The third kappa shape index (κ3) is 2.57. The Morgan fingerprint density at radius 3 is 2.75 bits per heavy atom. The molecule has 0 saturated carbocycles. The number of alkyl halides is 1. The SMILES string of the molecule is IC1CN(I)CCS1. The standard InChI is InChI=1S/C4H7I2NS/c5-4-3-7(6)1-2-8-4/h4H,1-3H2. The second kappa shape index (κ2) is 3.82. The molecule has 1 nitrogen and oxygen atoms in total. The smallest absolute Gasteiger partial charge is 0.0699 e. The average Bonchev–Trinajstić information content (AvgIpc) is 1.64. The Hall–Kier alpha value is 1.77. The van der Waals surface area contributed by atoms with Gasteiger partial charge in [0.2, 0.25) is 0 Å². The summed E-state index contributed by atoms with van der Waals surface area (Å²) >= 11 is 6.94. The van der Waals surface area contributed by atoms with Crippen LogP contribution in [0.2, 0.25) is 0 Å². The van der Waals surface area contributed by atoms with Crippen molar-refractivity contribution in [1.29, 1.82) is 0 Å². The van der Waals surface area contributed by atoms with Crippen molar-refractivity contribution in [2.45, 2.75) is 3.26 Å². The molecule has 0 aromatic heterocycles. The molecule has 0 aromatic rings. The van der Waals surface area contributed by atoms with Gasteiger partial charge in [-0.15, -0.1) is 11.8 Å². The zero-order chi connectivity index (χ0) is 5.98. The summed E-state index contributed by atoms with van der Waals surface area (Å²) in [6, 6.07) is 0. The monoisotopic (exact) mass is 355 g/mol. The summed E-state index contributed by atoms with van der Waals surface area (Å²) in [6.45, 7) is 2.50. The molecule has 0 bridgehead atoms. The Bertz CT molecular complexity index is 72.4. The number of rotatable bonds is 0. The lowest BCUT2D eigenvalue weighted by Gasteiger charge is -2.23. The minimum absolute atomic E-state index is 0.818. The second-order valence-corrected chi connectivity index (χ2v) is 6.67. The highest BCUT2D eigenvalue weighted by atomic mass is 127. The fourth-order valence-corrected chi connectivity index (χ4v) is 4.67. The van der Waals surface area contributed by atoms with Crippen LogP contribution in [0, 0.1) is 0 Å². The highest BCUT2D eigenvalue weighted by Crippen LogP contribution is 2.25. The van der Waals surface area contributed by atoms with E-state index in [-0.39, 0.29) is 0 Å². The van der Waals surface area contributed by atoms with Gasteiger partial charge in [0, 0.05) is 41.7 Å². The topological polar surface area (TPSA) is 3.24 Å². The summed E-state index contributed by atoms with van der Waals surface area (Å²) in [5.41, 5.74) is 0. The minimum Gasteiger partial charge on any atom is -0.245 e. The molecule has 1 atom stereocenters. The predicted octanol–water partition coefficient (Wildman–Crippen LogP) is 2.15. The molecule has 1 saturated heterocycles. The number of hydrogen-bond donors (Lipinski definition) is 0. The van der Waals surface area contributed by atoms with Gasteiger partial charge in [-0.2, -0.15) is 0 Å². The van der Waals surface area contributed by atoms with Gasteiger partial charge in [-0.25, -0.2) is 3.11 Å². The summed E-state index contributed by atoms with van der Waals surface area (Å²) in [6.07, 6.45) is 0. The van der Waals surface area contributed by atoms with Crippen LogP contribution < -0.4 is 0 Å². The van der Waals surface area contributed by atoms with Gasteiger partial charge in [0.05, 0.1) is 3.26 Å². The van der Waals surface area contributed by atoms with Crippen molar-refractivity contribution < 1.29 is 0 Å². The molecule has 1 aliphatic rings. The van der Waals surface area contributed by atoms with E-state index in [9.17, 15) is 0 Å². The molecule has 48 valence electrons. The van der Waals surface area contributed by atoms with Crippen LogP contribution in [0.4, 0.5) is 0 Å². The molecular weight excluding hydrogens is 348 g/mol. The van der Waals surface area contributed by atoms with Gasteiger partial charge < -0.3 is 0 Å². The van der Waals surface area contributed by atoms with Crippen LogP contribution in [-0.2, 0) is 0 Å². The molecule has 1 heterocycles. The molecular formula is C4H7I2NS. The zero-order valence-electron chi connectivity index (χ0n) is 4.31. The van der Waals surface area contributed by atoms with Gasteiger partial charge in [-0.05, 0) is 0 Å². The lowest BCUT2D eigenvalue weighted by atomic mass is 10.6. The van der Waals surface area contributed by atoms with E-state index in [1.165, 1.54) is 18.8 Å². The fourth-order valence-electron chi connectivity index (χ4n) is 0.579. The maximum atomic E-state index is 2.49. The van der Waals surface area contributed by atoms with E-state index in [0.717, 1.165) is 3.26 Å². The van der Waals surface area contributed by atoms with E-state index >= 15 is 0 Å². The Morgan fingerprint density at radius 1 is 1.62 bits per heavy atom. The molecule has 0 spiro atoms. The normalized spacial score (nSPS) is 33.0. The van der Waals surface area contributed by atoms with Gasteiger partial charge in [0.1, 0.15) is 0 Å². The third-order valence-electron chi connectivity index (χ3n) is 0.974. The quantitative estimate of drug-likeness (QED) is 0.372. The number of thioether (sulfide) groups is 1. The lowest BCUT2D eigenvalue weighted by Crippen LogP contribution is -2.26. The number of hydrogen-bond acceptors (Lipinski definition) is 2. The molecule has 1 aliphatic heterocycles.